The average molecular weight is 301 g/mol. The van der Waals surface area contributed by atoms with Crippen molar-refractivity contribution >= 4 is 15.9 Å². The lowest BCUT2D eigenvalue weighted by molar-refractivity contribution is 0.0332. The quantitative estimate of drug-likeness (QED) is 0.627. The molecule has 1 aromatic carbocycles. The Balaban J connectivity index is 2.71. The molecular formula is C13H21BrN2O. The summed E-state index contributed by atoms with van der Waals surface area (Å²) in [7, 11) is 1.73. The number of methoxy groups -OCH3 is 1. The Bertz CT molecular complexity index is 327. The zero-order chi connectivity index (χ0) is 12.8. The summed E-state index contributed by atoms with van der Waals surface area (Å²) in [5, 5.41) is 0. The van der Waals surface area contributed by atoms with Crippen molar-refractivity contribution in [3.63, 3.8) is 0 Å². The molecule has 0 aliphatic carbocycles. The van der Waals surface area contributed by atoms with Crippen molar-refractivity contribution in [2.24, 2.45) is 11.8 Å². The SMILES string of the molecule is COC(C(C)C)C(Cc1ccc(Br)cc1)NN. The van der Waals surface area contributed by atoms with E-state index < -0.39 is 0 Å². The highest BCUT2D eigenvalue weighted by Gasteiger charge is 2.23. The molecule has 0 aromatic heterocycles. The first kappa shape index (κ1) is 14.6. The van der Waals surface area contributed by atoms with E-state index >= 15 is 0 Å². The van der Waals surface area contributed by atoms with E-state index in [2.05, 4.69) is 47.3 Å². The van der Waals surface area contributed by atoms with E-state index in [1.54, 1.807) is 7.11 Å². The Labute approximate surface area is 112 Å². The van der Waals surface area contributed by atoms with Gasteiger partial charge in [-0.1, -0.05) is 41.9 Å². The summed E-state index contributed by atoms with van der Waals surface area (Å²) in [5.74, 6) is 6.05. The van der Waals surface area contributed by atoms with E-state index in [1.165, 1.54) is 5.56 Å². The highest BCUT2D eigenvalue weighted by molar-refractivity contribution is 9.10. The average Bonchev–Trinajstić information content (AvgIpc) is 2.31. The van der Waals surface area contributed by atoms with E-state index in [0.717, 1.165) is 10.9 Å². The predicted molar refractivity (Wildman–Crippen MR) is 74.6 cm³/mol. The van der Waals surface area contributed by atoms with Crippen molar-refractivity contribution in [3.05, 3.63) is 34.3 Å². The molecule has 0 aliphatic rings. The maximum absolute atomic E-state index is 5.63. The molecule has 17 heavy (non-hydrogen) atoms. The van der Waals surface area contributed by atoms with Crippen molar-refractivity contribution in [3.8, 4) is 0 Å². The first-order chi connectivity index (χ1) is 8.08. The maximum Gasteiger partial charge on any atom is 0.0763 e. The largest absolute Gasteiger partial charge is 0.380 e. The van der Waals surface area contributed by atoms with Gasteiger partial charge in [0, 0.05) is 11.6 Å². The van der Waals surface area contributed by atoms with Gasteiger partial charge in [0.1, 0.15) is 0 Å². The number of benzene rings is 1. The second kappa shape index (κ2) is 7.11. The first-order valence-electron chi connectivity index (χ1n) is 5.81. The second-order valence-electron chi connectivity index (χ2n) is 4.55. The minimum absolute atomic E-state index is 0.114. The molecule has 2 atom stereocenters. The molecule has 96 valence electrons. The van der Waals surface area contributed by atoms with Gasteiger partial charge in [0.15, 0.2) is 0 Å². The number of hydrazine groups is 1. The molecule has 0 radical (unpaired) electrons. The fraction of sp³-hybridized carbons (Fsp3) is 0.538. The number of hydrogen-bond acceptors (Lipinski definition) is 3. The summed E-state index contributed by atoms with van der Waals surface area (Å²) in [6.07, 6.45) is 0.976. The van der Waals surface area contributed by atoms with Gasteiger partial charge in [-0.3, -0.25) is 11.3 Å². The van der Waals surface area contributed by atoms with Crippen LogP contribution in [0.2, 0.25) is 0 Å². The van der Waals surface area contributed by atoms with E-state index in [4.69, 9.17) is 10.6 Å². The number of nitrogens with two attached hydrogens (primary N) is 1. The van der Waals surface area contributed by atoms with Crippen LogP contribution in [0.5, 0.6) is 0 Å². The summed E-state index contributed by atoms with van der Waals surface area (Å²) < 4.78 is 6.60. The molecule has 2 unspecified atom stereocenters. The molecule has 0 saturated heterocycles. The normalized spacial score (nSPS) is 14.9. The van der Waals surface area contributed by atoms with Gasteiger partial charge in [-0.15, -0.1) is 0 Å². The van der Waals surface area contributed by atoms with Crippen LogP contribution in [0.25, 0.3) is 0 Å². The summed E-state index contributed by atoms with van der Waals surface area (Å²) >= 11 is 3.43. The predicted octanol–water partition coefficient (Wildman–Crippen LogP) is 2.49. The number of halogens is 1. The lowest BCUT2D eigenvalue weighted by Gasteiger charge is -2.28. The second-order valence-corrected chi connectivity index (χ2v) is 5.46. The van der Waals surface area contributed by atoms with Crippen LogP contribution in [-0.2, 0) is 11.2 Å². The lowest BCUT2D eigenvalue weighted by atomic mass is 9.94. The van der Waals surface area contributed by atoms with Crippen molar-refractivity contribution in [2.45, 2.75) is 32.4 Å². The maximum atomic E-state index is 5.63. The van der Waals surface area contributed by atoms with E-state index in [1.807, 2.05) is 12.1 Å². The van der Waals surface area contributed by atoms with Gasteiger partial charge in [0.25, 0.3) is 0 Å². The van der Waals surface area contributed by atoms with Gasteiger partial charge >= 0.3 is 0 Å². The minimum atomic E-state index is 0.114. The van der Waals surface area contributed by atoms with Gasteiger partial charge in [0.2, 0.25) is 0 Å². The van der Waals surface area contributed by atoms with Crippen LogP contribution >= 0.6 is 15.9 Å². The third kappa shape index (κ3) is 4.39. The molecular weight excluding hydrogens is 280 g/mol. The molecule has 1 rings (SSSR count). The van der Waals surface area contributed by atoms with Crippen LogP contribution in [0.15, 0.2) is 28.7 Å². The number of nitrogens with one attached hydrogen (secondary N) is 1. The monoisotopic (exact) mass is 300 g/mol. The Hall–Kier alpha value is -0.420. The van der Waals surface area contributed by atoms with Gasteiger partial charge in [-0.2, -0.15) is 0 Å². The Morgan fingerprint density at radius 3 is 2.29 bits per heavy atom. The highest BCUT2D eigenvalue weighted by Crippen LogP contribution is 2.16. The van der Waals surface area contributed by atoms with Crippen molar-refractivity contribution in [2.75, 3.05) is 7.11 Å². The molecule has 0 aliphatic heterocycles. The van der Waals surface area contributed by atoms with Crippen LogP contribution in [0, 0.1) is 5.92 Å². The summed E-state index contributed by atoms with van der Waals surface area (Å²) in [6.45, 7) is 4.28. The molecule has 1 aromatic rings. The fourth-order valence-corrected chi connectivity index (χ4v) is 2.31. The highest BCUT2D eigenvalue weighted by atomic mass is 79.9. The number of rotatable bonds is 6. The minimum Gasteiger partial charge on any atom is -0.380 e. The van der Waals surface area contributed by atoms with Crippen LogP contribution < -0.4 is 11.3 Å². The molecule has 0 amide bonds. The molecule has 0 saturated carbocycles. The van der Waals surface area contributed by atoms with Crippen LogP contribution in [0.4, 0.5) is 0 Å². The van der Waals surface area contributed by atoms with Gasteiger partial charge in [-0.25, -0.2) is 0 Å². The summed E-state index contributed by atoms with van der Waals surface area (Å²) in [5.41, 5.74) is 4.11. The standard InChI is InChI=1S/C13H21BrN2O/c1-9(2)13(17-3)12(16-15)8-10-4-6-11(14)7-5-10/h4-7,9,12-13,16H,8,15H2,1-3H3. The van der Waals surface area contributed by atoms with Crippen molar-refractivity contribution in [1.82, 2.24) is 5.43 Å². The first-order valence-corrected chi connectivity index (χ1v) is 6.61. The van der Waals surface area contributed by atoms with Crippen molar-refractivity contribution < 1.29 is 4.74 Å². The molecule has 0 spiro atoms. The molecule has 0 fully saturated rings. The zero-order valence-corrected chi connectivity index (χ0v) is 12.2. The van der Waals surface area contributed by atoms with E-state index in [-0.39, 0.29) is 12.1 Å². The fourth-order valence-electron chi connectivity index (χ4n) is 2.05. The van der Waals surface area contributed by atoms with Crippen LogP contribution in [0.1, 0.15) is 19.4 Å². The Morgan fingerprint density at radius 1 is 1.29 bits per heavy atom. The smallest absolute Gasteiger partial charge is 0.0763 e. The van der Waals surface area contributed by atoms with Crippen LogP contribution in [-0.4, -0.2) is 19.3 Å². The van der Waals surface area contributed by atoms with Gasteiger partial charge in [-0.05, 0) is 30.0 Å². The summed E-state index contributed by atoms with van der Waals surface area (Å²) in [4.78, 5) is 0. The molecule has 4 heteroatoms. The molecule has 0 heterocycles. The Kier molecular flexibility index (Phi) is 6.12. The number of hydrogen-bond donors (Lipinski definition) is 2. The Morgan fingerprint density at radius 2 is 1.88 bits per heavy atom. The lowest BCUT2D eigenvalue weighted by Crippen LogP contribution is -2.48. The van der Waals surface area contributed by atoms with E-state index in [0.29, 0.717) is 5.92 Å². The third-order valence-electron chi connectivity index (χ3n) is 2.91. The number of ether oxygens (including phenoxy) is 1. The molecule has 3 nitrogen and oxygen atoms in total. The molecule has 0 bridgehead atoms. The third-order valence-corrected chi connectivity index (χ3v) is 3.44. The topological polar surface area (TPSA) is 47.3 Å². The van der Waals surface area contributed by atoms with E-state index in [9.17, 15) is 0 Å². The molecule has 3 N–H and O–H groups in total. The summed E-state index contributed by atoms with van der Waals surface area (Å²) in [6, 6.07) is 8.41. The van der Waals surface area contributed by atoms with Gasteiger partial charge in [0.05, 0.1) is 12.1 Å². The van der Waals surface area contributed by atoms with Crippen molar-refractivity contribution in [1.29, 1.82) is 0 Å². The zero-order valence-electron chi connectivity index (χ0n) is 10.6. The van der Waals surface area contributed by atoms with Gasteiger partial charge < -0.3 is 4.74 Å². The van der Waals surface area contributed by atoms with Crippen LogP contribution in [0.3, 0.4) is 0 Å².